The van der Waals surface area contributed by atoms with Crippen LogP contribution in [-0.2, 0) is 0 Å². The number of anilines is 1. The number of aliphatic hydroxyl groups is 1. The van der Waals surface area contributed by atoms with Crippen molar-refractivity contribution < 1.29 is 9.50 Å². The third kappa shape index (κ3) is 3.40. The lowest BCUT2D eigenvalue weighted by Gasteiger charge is -2.33. The summed E-state index contributed by atoms with van der Waals surface area (Å²) in [4.78, 5) is 2.06. The molecule has 0 saturated carbocycles. The number of likely N-dealkylation sites (tertiary alicyclic amines) is 1. The Kier molecular flexibility index (Phi) is 4.49. The average Bonchev–Trinajstić information content (AvgIpc) is 2.41. The van der Waals surface area contributed by atoms with Gasteiger partial charge in [0.2, 0.25) is 0 Å². The lowest BCUT2D eigenvalue weighted by Crippen LogP contribution is -2.43. The molecule has 1 aromatic rings. The van der Waals surface area contributed by atoms with Crippen LogP contribution in [0.15, 0.2) is 24.3 Å². The lowest BCUT2D eigenvalue weighted by molar-refractivity contribution is 0.162. The Bertz CT molecular complexity index is 410. The minimum absolute atomic E-state index is 0.204. The van der Waals surface area contributed by atoms with E-state index in [0.717, 1.165) is 31.6 Å². The van der Waals surface area contributed by atoms with Crippen LogP contribution in [0.1, 0.15) is 12.8 Å². The van der Waals surface area contributed by atoms with Gasteiger partial charge in [-0.05, 0) is 55.2 Å². The second-order valence-electron chi connectivity index (χ2n) is 4.57. The number of halogens is 1. The van der Waals surface area contributed by atoms with Crippen LogP contribution >= 0.6 is 12.2 Å². The SMILES string of the molecule is OC[C@@H]1CCCN(C(=S)Nc2ccc(F)cc2)C1. The van der Waals surface area contributed by atoms with E-state index in [2.05, 4.69) is 10.2 Å². The predicted molar refractivity (Wildman–Crippen MR) is 74.0 cm³/mol. The van der Waals surface area contributed by atoms with Crippen LogP contribution in [0.5, 0.6) is 0 Å². The van der Waals surface area contributed by atoms with Gasteiger partial charge in [-0.2, -0.15) is 0 Å². The highest BCUT2D eigenvalue weighted by atomic mass is 32.1. The maximum absolute atomic E-state index is 12.8. The first-order valence-electron chi connectivity index (χ1n) is 6.11. The van der Waals surface area contributed by atoms with Crippen molar-refractivity contribution in [2.45, 2.75) is 12.8 Å². The van der Waals surface area contributed by atoms with Crippen molar-refractivity contribution in [3.63, 3.8) is 0 Å². The van der Waals surface area contributed by atoms with Crippen LogP contribution in [-0.4, -0.2) is 34.8 Å². The molecule has 0 aromatic heterocycles. The molecule has 2 rings (SSSR count). The van der Waals surface area contributed by atoms with Crippen LogP contribution in [0.4, 0.5) is 10.1 Å². The minimum atomic E-state index is -0.259. The molecule has 18 heavy (non-hydrogen) atoms. The molecule has 1 saturated heterocycles. The van der Waals surface area contributed by atoms with Crippen LogP contribution in [0.2, 0.25) is 0 Å². The number of benzene rings is 1. The Labute approximate surface area is 112 Å². The molecule has 0 aliphatic carbocycles. The van der Waals surface area contributed by atoms with Crippen LogP contribution in [0.3, 0.4) is 0 Å². The molecule has 2 N–H and O–H groups in total. The quantitative estimate of drug-likeness (QED) is 0.806. The van der Waals surface area contributed by atoms with Gasteiger partial charge in [-0.15, -0.1) is 0 Å². The van der Waals surface area contributed by atoms with Crippen molar-refractivity contribution in [1.82, 2.24) is 4.90 Å². The largest absolute Gasteiger partial charge is 0.396 e. The Morgan fingerprint density at radius 1 is 1.44 bits per heavy atom. The normalized spacial score (nSPS) is 19.7. The van der Waals surface area contributed by atoms with Crippen molar-refractivity contribution in [3.05, 3.63) is 30.1 Å². The van der Waals surface area contributed by atoms with Gasteiger partial charge in [0.15, 0.2) is 5.11 Å². The fourth-order valence-electron chi connectivity index (χ4n) is 2.13. The van der Waals surface area contributed by atoms with Crippen LogP contribution < -0.4 is 5.32 Å². The van der Waals surface area contributed by atoms with Gasteiger partial charge in [0.25, 0.3) is 0 Å². The number of hydrogen-bond acceptors (Lipinski definition) is 2. The van der Waals surface area contributed by atoms with Gasteiger partial charge in [0.05, 0.1) is 0 Å². The average molecular weight is 268 g/mol. The molecule has 1 aromatic carbocycles. The molecule has 1 aliphatic rings. The third-order valence-electron chi connectivity index (χ3n) is 3.16. The Morgan fingerprint density at radius 2 is 2.17 bits per heavy atom. The monoisotopic (exact) mass is 268 g/mol. The second-order valence-corrected chi connectivity index (χ2v) is 4.96. The molecule has 98 valence electrons. The van der Waals surface area contributed by atoms with E-state index in [4.69, 9.17) is 12.2 Å². The van der Waals surface area contributed by atoms with Crippen molar-refractivity contribution in [3.8, 4) is 0 Å². The summed E-state index contributed by atoms with van der Waals surface area (Å²) < 4.78 is 12.8. The molecule has 0 amide bonds. The van der Waals surface area contributed by atoms with E-state index in [9.17, 15) is 9.50 Å². The van der Waals surface area contributed by atoms with Gasteiger partial charge in [-0.3, -0.25) is 0 Å². The van der Waals surface area contributed by atoms with E-state index < -0.39 is 0 Å². The van der Waals surface area contributed by atoms with E-state index in [1.165, 1.54) is 12.1 Å². The highest BCUT2D eigenvalue weighted by Crippen LogP contribution is 2.17. The zero-order valence-electron chi connectivity index (χ0n) is 10.1. The fraction of sp³-hybridized carbons (Fsp3) is 0.462. The first-order chi connectivity index (χ1) is 8.69. The number of rotatable bonds is 2. The van der Waals surface area contributed by atoms with Crippen molar-refractivity contribution >= 4 is 23.0 Å². The maximum Gasteiger partial charge on any atom is 0.173 e. The smallest absolute Gasteiger partial charge is 0.173 e. The standard InChI is InChI=1S/C13H17FN2OS/c14-11-3-5-12(6-4-11)15-13(18)16-7-1-2-10(8-16)9-17/h3-6,10,17H,1-2,7-9H2,(H,15,18)/t10-/m1/s1. The van der Waals surface area contributed by atoms with Gasteiger partial charge in [-0.25, -0.2) is 4.39 Å². The maximum atomic E-state index is 12.8. The molecule has 1 heterocycles. The van der Waals surface area contributed by atoms with Gasteiger partial charge >= 0.3 is 0 Å². The summed E-state index contributed by atoms with van der Waals surface area (Å²) in [6.45, 7) is 1.89. The molecule has 1 atom stereocenters. The Balaban J connectivity index is 1.93. The Hall–Kier alpha value is -1.20. The molecule has 0 radical (unpaired) electrons. The van der Waals surface area contributed by atoms with Gasteiger partial charge in [0.1, 0.15) is 5.82 Å². The minimum Gasteiger partial charge on any atom is -0.396 e. The summed E-state index contributed by atoms with van der Waals surface area (Å²) in [5, 5.41) is 12.9. The molecule has 3 nitrogen and oxygen atoms in total. The molecule has 0 unspecified atom stereocenters. The van der Waals surface area contributed by atoms with Crippen LogP contribution in [0.25, 0.3) is 0 Å². The topological polar surface area (TPSA) is 35.5 Å². The van der Waals surface area contributed by atoms with Crippen molar-refractivity contribution in [1.29, 1.82) is 0 Å². The van der Waals surface area contributed by atoms with Crippen molar-refractivity contribution in [2.75, 3.05) is 25.0 Å². The summed E-state index contributed by atoms with van der Waals surface area (Å²) in [6, 6.07) is 6.12. The van der Waals surface area contributed by atoms with Gasteiger partial charge in [0, 0.05) is 25.4 Å². The van der Waals surface area contributed by atoms with E-state index in [1.54, 1.807) is 12.1 Å². The molecule has 0 bridgehead atoms. The number of nitrogens with one attached hydrogen (secondary N) is 1. The number of thiocarbonyl (C=S) groups is 1. The van der Waals surface area contributed by atoms with E-state index in [0.29, 0.717) is 11.0 Å². The summed E-state index contributed by atoms with van der Waals surface area (Å²) in [6.07, 6.45) is 2.09. The van der Waals surface area contributed by atoms with E-state index >= 15 is 0 Å². The molecular formula is C13H17FN2OS. The number of nitrogens with zero attached hydrogens (tertiary/aromatic N) is 1. The summed E-state index contributed by atoms with van der Waals surface area (Å²) >= 11 is 5.33. The molecule has 5 heteroatoms. The highest BCUT2D eigenvalue weighted by molar-refractivity contribution is 7.80. The third-order valence-corrected chi connectivity index (χ3v) is 3.52. The fourth-order valence-corrected chi connectivity index (χ4v) is 2.42. The summed E-state index contributed by atoms with van der Waals surface area (Å²) in [7, 11) is 0. The highest BCUT2D eigenvalue weighted by Gasteiger charge is 2.20. The number of hydrogen-bond donors (Lipinski definition) is 2. The van der Waals surface area contributed by atoms with Gasteiger partial charge < -0.3 is 15.3 Å². The van der Waals surface area contributed by atoms with Gasteiger partial charge in [-0.1, -0.05) is 0 Å². The van der Waals surface area contributed by atoms with Crippen molar-refractivity contribution in [2.24, 2.45) is 5.92 Å². The first-order valence-corrected chi connectivity index (χ1v) is 6.52. The molecular weight excluding hydrogens is 251 g/mol. The zero-order chi connectivity index (χ0) is 13.0. The van der Waals surface area contributed by atoms with E-state index in [-0.39, 0.29) is 12.4 Å². The second kappa shape index (κ2) is 6.11. The molecule has 1 fully saturated rings. The Morgan fingerprint density at radius 3 is 2.83 bits per heavy atom. The summed E-state index contributed by atoms with van der Waals surface area (Å²) in [5.74, 6) is 0.0384. The summed E-state index contributed by atoms with van der Waals surface area (Å²) in [5.41, 5.74) is 0.785. The number of aliphatic hydroxyl groups excluding tert-OH is 1. The van der Waals surface area contributed by atoms with Crippen LogP contribution in [0, 0.1) is 11.7 Å². The molecule has 1 aliphatic heterocycles. The lowest BCUT2D eigenvalue weighted by atomic mass is 9.99. The number of piperidine rings is 1. The predicted octanol–water partition coefficient (Wildman–Crippen LogP) is 2.23. The van der Waals surface area contributed by atoms with E-state index in [1.807, 2.05) is 0 Å². The first kappa shape index (κ1) is 13.2. The zero-order valence-corrected chi connectivity index (χ0v) is 10.9. The molecule has 0 spiro atoms.